The van der Waals surface area contributed by atoms with E-state index in [0.29, 0.717) is 4.47 Å². The Hall–Kier alpha value is -0.420. The minimum absolute atomic E-state index is 0.0497. The van der Waals surface area contributed by atoms with E-state index in [1.807, 2.05) is 0 Å². The molecule has 6 heteroatoms. The first-order valence-corrected chi connectivity index (χ1v) is 4.18. The number of rotatable bonds is 1. The molecule has 0 saturated carbocycles. The summed E-state index contributed by atoms with van der Waals surface area (Å²) in [6.07, 6.45) is -4.72. The maximum absolute atomic E-state index is 11.7. The zero-order valence-electron chi connectivity index (χ0n) is 5.95. The van der Waals surface area contributed by atoms with E-state index in [2.05, 4.69) is 26.7 Å². The van der Waals surface area contributed by atoms with Crippen LogP contribution in [-0.2, 0) is 0 Å². The molecule has 0 N–H and O–H groups in total. The van der Waals surface area contributed by atoms with E-state index in [-0.39, 0.29) is 5.02 Å². The molecular formula is C7H2BrClF3O. The average Bonchev–Trinajstić information content (AvgIpc) is 1.78. The Kier molecular flexibility index (Phi) is 3.08. The highest BCUT2D eigenvalue weighted by atomic mass is 79.9. The van der Waals surface area contributed by atoms with Crippen LogP contribution in [0.15, 0.2) is 16.6 Å². The van der Waals surface area contributed by atoms with Crippen LogP contribution in [0.1, 0.15) is 0 Å². The number of alkyl halides is 3. The van der Waals surface area contributed by atoms with E-state index in [4.69, 9.17) is 11.6 Å². The van der Waals surface area contributed by atoms with Crippen molar-refractivity contribution in [1.82, 2.24) is 0 Å². The molecule has 0 unspecified atom stereocenters. The van der Waals surface area contributed by atoms with Gasteiger partial charge in [-0.1, -0.05) is 27.5 Å². The quantitative estimate of drug-likeness (QED) is 0.757. The van der Waals surface area contributed by atoms with Crippen LogP contribution < -0.4 is 4.74 Å². The van der Waals surface area contributed by atoms with Crippen LogP contribution in [0, 0.1) is 6.07 Å². The highest BCUT2D eigenvalue weighted by Crippen LogP contribution is 2.28. The summed E-state index contributed by atoms with van der Waals surface area (Å²) in [5.74, 6) is -0.466. The molecule has 0 aromatic heterocycles. The van der Waals surface area contributed by atoms with Crippen molar-refractivity contribution in [2.24, 2.45) is 0 Å². The molecule has 0 saturated heterocycles. The largest absolute Gasteiger partial charge is 0.573 e. The van der Waals surface area contributed by atoms with Crippen molar-refractivity contribution in [3.8, 4) is 5.75 Å². The monoisotopic (exact) mass is 273 g/mol. The number of hydrogen-bond donors (Lipinski definition) is 0. The summed E-state index contributed by atoms with van der Waals surface area (Å²) in [5.41, 5.74) is 0. The molecule has 0 spiro atoms. The molecule has 0 aliphatic carbocycles. The number of halogens is 5. The van der Waals surface area contributed by atoms with E-state index < -0.39 is 12.1 Å². The topological polar surface area (TPSA) is 9.23 Å². The summed E-state index contributed by atoms with van der Waals surface area (Å²) < 4.78 is 39.1. The Morgan fingerprint density at radius 2 is 2.00 bits per heavy atom. The van der Waals surface area contributed by atoms with Gasteiger partial charge in [0, 0.05) is 10.5 Å². The molecule has 1 nitrogen and oxygen atoms in total. The molecular weight excluding hydrogens is 272 g/mol. The number of hydrogen-bond acceptors (Lipinski definition) is 1. The number of ether oxygens (including phenoxy) is 1. The molecule has 0 aliphatic rings. The molecule has 71 valence electrons. The lowest BCUT2D eigenvalue weighted by atomic mass is 10.3. The lowest BCUT2D eigenvalue weighted by molar-refractivity contribution is -0.274. The molecule has 1 aromatic carbocycles. The molecule has 1 rings (SSSR count). The van der Waals surface area contributed by atoms with Crippen LogP contribution in [-0.4, -0.2) is 6.36 Å². The Morgan fingerprint density at radius 1 is 1.38 bits per heavy atom. The second-order valence-corrected chi connectivity index (χ2v) is 3.38. The molecule has 13 heavy (non-hydrogen) atoms. The van der Waals surface area contributed by atoms with Gasteiger partial charge in [0.05, 0.1) is 5.02 Å². The molecule has 0 bridgehead atoms. The zero-order chi connectivity index (χ0) is 10.1. The minimum atomic E-state index is -4.72. The maximum Gasteiger partial charge on any atom is 0.573 e. The third kappa shape index (κ3) is 3.87. The molecule has 1 radical (unpaired) electrons. The van der Waals surface area contributed by atoms with Gasteiger partial charge in [0.2, 0.25) is 0 Å². The Labute approximate surface area is 85.6 Å². The Bertz CT molecular complexity index is 293. The molecule has 0 amide bonds. The van der Waals surface area contributed by atoms with Gasteiger partial charge in [0.25, 0.3) is 0 Å². The third-order valence-electron chi connectivity index (χ3n) is 1.00. The summed E-state index contributed by atoms with van der Waals surface area (Å²) >= 11 is 8.41. The first kappa shape index (κ1) is 10.7. The van der Waals surface area contributed by atoms with E-state index in [1.165, 1.54) is 6.07 Å². The van der Waals surface area contributed by atoms with Gasteiger partial charge in [-0.05, 0) is 12.1 Å². The van der Waals surface area contributed by atoms with Crippen molar-refractivity contribution in [2.45, 2.75) is 6.36 Å². The van der Waals surface area contributed by atoms with Crippen molar-refractivity contribution in [3.05, 3.63) is 27.7 Å². The lowest BCUT2D eigenvalue weighted by Crippen LogP contribution is -2.17. The summed E-state index contributed by atoms with van der Waals surface area (Å²) in [7, 11) is 0. The maximum atomic E-state index is 11.7. The average molecular weight is 274 g/mol. The van der Waals surface area contributed by atoms with Gasteiger partial charge in [-0.15, -0.1) is 13.2 Å². The molecule has 0 aliphatic heterocycles. The minimum Gasteiger partial charge on any atom is -0.405 e. The zero-order valence-corrected chi connectivity index (χ0v) is 8.29. The predicted octanol–water partition coefficient (Wildman–Crippen LogP) is 3.80. The van der Waals surface area contributed by atoms with Gasteiger partial charge >= 0.3 is 6.36 Å². The molecule has 0 atom stereocenters. The normalized spacial score (nSPS) is 11.5. The Morgan fingerprint density at radius 3 is 2.46 bits per heavy atom. The molecule has 0 fully saturated rings. The van der Waals surface area contributed by atoms with Crippen LogP contribution in [0.25, 0.3) is 0 Å². The first-order chi connectivity index (χ1) is 5.87. The summed E-state index contributed by atoms with van der Waals surface area (Å²) in [6, 6.07) is 4.73. The summed E-state index contributed by atoms with van der Waals surface area (Å²) in [4.78, 5) is 0. The van der Waals surface area contributed by atoms with Crippen molar-refractivity contribution in [3.63, 3.8) is 0 Å². The Balaban J connectivity index is 2.90. The van der Waals surface area contributed by atoms with Crippen molar-refractivity contribution >= 4 is 27.5 Å². The lowest BCUT2D eigenvalue weighted by Gasteiger charge is -2.08. The second-order valence-electron chi connectivity index (χ2n) is 2.06. The third-order valence-corrected chi connectivity index (χ3v) is 1.66. The van der Waals surface area contributed by atoms with Gasteiger partial charge in [-0.3, -0.25) is 0 Å². The van der Waals surface area contributed by atoms with Crippen LogP contribution in [0.3, 0.4) is 0 Å². The SMILES string of the molecule is FC(F)(F)Oc1[c]c(Cl)cc(Br)c1. The van der Waals surface area contributed by atoms with Gasteiger partial charge in [0.1, 0.15) is 5.75 Å². The fraction of sp³-hybridized carbons (Fsp3) is 0.143. The fourth-order valence-corrected chi connectivity index (χ4v) is 1.44. The van der Waals surface area contributed by atoms with Crippen molar-refractivity contribution < 1.29 is 17.9 Å². The second kappa shape index (κ2) is 3.75. The smallest absolute Gasteiger partial charge is 0.405 e. The predicted molar refractivity (Wildman–Crippen MR) is 44.7 cm³/mol. The van der Waals surface area contributed by atoms with Crippen molar-refractivity contribution in [1.29, 1.82) is 0 Å². The van der Waals surface area contributed by atoms with Gasteiger partial charge in [0.15, 0.2) is 0 Å². The summed E-state index contributed by atoms with van der Waals surface area (Å²) in [6.45, 7) is 0. The number of benzene rings is 1. The van der Waals surface area contributed by atoms with Crippen LogP contribution >= 0.6 is 27.5 Å². The van der Waals surface area contributed by atoms with E-state index in [1.54, 1.807) is 0 Å². The first-order valence-electron chi connectivity index (χ1n) is 3.01. The van der Waals surface area contributed by atoms with Gasteiger partial charge in [-0.2, -0.15) is 0 Å². The molecule has 1 aromatic rings. The highest BCUT2D eigenvalue weighted by molar-refractivity contribution is 9.10. The van der Waals surface area contributed by atoms with E-state index in [9.17, 15) is 13.2 Å². The van der Waals surface area contributed by atoms with E-state index in [0.717, 1.165) is 6.07 Å². The fourth-order valence-electron chi connectivity index (χ4n) is 0.657. The van der Waals surface area contributed by atoms with Crippen LogP contribution in [0.5, 0.6) is 5.75 Å². The van der Waals surface area contributed by atoms with Crippen LogP contribution in [0.4, 0.5) is 13.2 Å². The standard InChI is InChI=1S/C7H2BrClF3O/c8-4-1-5(9)3-6(2-4)13-7(10,11)12/h1-2H. The summed E-state index contributed by atoms with van der Waals surface area (Å²) in [5, 5.41) is 0.0497. The van der Waals surface area contributed by atoms with Gasteiger partial charge < -0.3 is 4.74 Å². The van der Waals surface area contributed by atoms with E-state index >= 15 is 0 Å². The van der Waals surface area contributed by atoms with Crippen molar-refractivity contribution in [2.75, 3.05) is 0 Å². The van der Waals surface area contributed by atoms with Gasteiger partial charge in [-0.25, -0.2) is 0 Å². The van der Waals surface area contributed by atoms with Crippen LogP contribution in [0.2, 0.25) is 5.02 Å². The highest BCUT2D eigenvalue weighted by Gasteiger charge is 2.31. The molecule has 0 heterocycles.